The van der Waals surface area contributed by atoms with Crippen molar-refractivity contribution in [3.63, 3.8) is 0 Å². The van der Waals surface area contributed by atoms with E-state index in [4.69, 9.17) is 4.74 Å². The molecule has 0 amide bonds. The molecule has 1 aromatic carbocycles. The SMILES string of the molecule is CC(C)CCOc1ccccc1.CN. The van der Waals surface area contributed by atoms with Gasteiger partial charge in [0.05, 0.1) is 6.61 Å². The predicted octanol–water partition coefficient (Wildman–Crippen LogP) is 2.69. The predicted molar refractivity (Wildman–Crippen MR) is 61.5 cm³/mol. The molecule has 0 aliphatic rings. The van der Waals surface area contributed by atoms with Crippen LogP contribution in [0.3, 0.4) is 0 Å². The van der Waals surface area contributed by atoms with Crippen LogP contribution in [-0.2, 0) is 0 Å². The summed E-state index contributed by atoms with van der Waals surface area (Å²) in [4.78, 5) is 0. The van der Waals surface area contributed by atoms with E-state index in [1.165, 1.54) is 7.05 Å². The second-order valence-electron chi connectivity index (χ2n) is 3.34. The molecule has 14 heavy (non-hydrogen) atoms. The summed E-state index contributed by atoms with van der Waals surface area (Å²) in [6.45, 7) is 5.23. The monoisotopic (exact) mass is 195 g/mol. The first kappa shape index (κ1) is 13.0. The Kier molecular flexibility index (Phi) is 7.95. The van der Waals surface area contributed by atoms with Gasteiger partial charge in [-0.3, -0.25) is 0 Å². The van der Waals surface area contributed by atoms with Crippen molar-refractivity contribution in [2.75, 3.05) is 13.7 Å². The number of hydrogen-bond donors (Lipinski definition) is 1. The van der Waals surface area contributed by atoms with Gasteiger partial charge in [-0.25, -0.2) is 0 Å². The van der Waals surface area contributed by atoms with Gasteiger partial charge in [0.25, 0.3) is 0 Å². The summed E-state index contributed by atoms with van der Waals surface area (Å²) >= 11 is 0. The number of rotatable bonds is 4. The first-order valence-corrected chi connectivity index (χ1v) is 5.04. The molecule has 2 nitrogen and oxygen atoms in total. The highest BCUT2D eigenvalue weighted by molar-refractivity contribution is 5.20. The molecule has 0 spiro atoms. The lowest BCUT2D eigenvalue weighted by Gasteiger charge is -2.07. The molecule has 0 aliphatic heterocycles. The molecule has 0 unspecified atom stereocenters. The summed E-state index contributed by atoms with van der Waals surface area (Å²) in [7, 11) is 1.50. The first-order valence-electron chi connectivity index (χ1n) is 5.04. The largest absolute Gasteiger partial charge is 0.494 e. The van der Waals surface area contributed by atoms with Crippen LogP contribution in [-0.4, -0.2) is 13.7 Å². The van der Waals surface area contributed by atoms with Crippen molar-refractivity contribution in [1.82, 2.24) is 0 Å². The van der Waals surface area contributed by atoms with Crippen molar-refractivity contribution < 1.29 is 4.74 Å². The van der Waals surface area contributed by atoms with E-state index in [2.05, 4.69) is 19.6 Å². The van der Waals surface area contributed by atoms with Crippen molar-refractivity contribution in [1.29, 1.82) is 0 Å². The average Bonchev–Trinajstić information content (AvgIpc) is 2.22. The first-order chi connectivity index (χ1) is 6.79. The van der Waals surface area contributed by atoms with Crippen LogP contribution >= 0.6 is 0 Å². The maximum Gasteiger partial charge on any atom is 0.119 e. The summed E-state index contributed by atoms with van der Waals surface area (Å²) in [6.07, 6.45) is 1.12. The Bertz CT molecular complexity index is 209. The number of para-hydroxylation sites is 1. The highest BCUT2D eigenvalue weighted by Crippen LogP contribution is 2.09. The minimum Gasteiger partial charge on any atom is -0.494 e. The second kappa shape index (κ2) is 8.57. The minimum atomic E-state index is 0.716. The highest BCUT2D eigenvalue weighted by Gasteiger charge is 1.94. The maximum absolute atomic E-state index is 5.52. The fraction of sp³-hybridized carbons (Fsp3) is 0.500. The van der Waals surface area contributed by atoms with Crippen molar-refractivity contribution >= 4 is 0 Å². The molecule has 0 aromatic heterocycles. The molecule has 2 N–H and O–H groups in total. The Labute approximate surface area is 87.1 Å². The van der Waals surface area contributed by atoms with Crippen LogP contribution in [0, 0.1) is 5.92 Å². The zero-order valence-electron chi connectivity index (χ0n) is 9.36. The molecule has 0 fully saturated rings. The van der Waals surface area contributed by atoms with E-state index in [0.717, 1.165) is 18.8 Å². The third kappa shape index (κ3) is 6.49. The fourth-order valence-corrected chi connectivity index (χ4v) is 0.929. The van der Waals surface area contributed by atoms with E-state index in [-0.39, 0.29) is 0 Å². The number of nitrogens with two attached hydrogens (primary N) is 1. The fourth-order valence-electron chi connectivity index (χ4n) is 0.929. The standard InChI is InChI=1S/C11H16O.CH5N/c1-10(2)8-9-12-11-6-4-3-5-7-11;1-2/h3-7,10H,8-9H2,1-2H3;2H2,1H3. The molecular weight excluding hydrogens is 174 g/mol. The Morgan fingerprint density at radius 1 is 1.14 bits per heavy atom. The van der Waals surface area contributed by atoms with Crippen molar-refractivity contribution in [3.8, 4) is 5.75 Å². The summed E-state index contributed by atoms with van der Waals surface area (Å²) in [5, 5.41) is 0. The maximum atomic E-state index is 5.52. The molecule has 1 rings (SSSR count). The normalized spacial score (nSPS) is 9.21. The van der Waals surface area contributed by atoms with Gasteiger partial charge in [0.2, 0.25) is 0 Å². The summed E-state index contributed by atoms with van der Waals surface area (Å²) in [5.41, 5.74) is 4.50. The van der Waals surface area contributed by atoms with Gasteiger partial charge in [0.1, 0.15) is 5.75 Å². The quantitative estimate of drug-likeness (QED) is 0.801. The molecule has 1 aromatic rings. The third-order valence-corrected chi connectivity index (χ3v) is 1.71. The lowest BCUT2D eigenvalue weighted by atomic mass is 10.1. The third-order valence-electron chi connectivity index (χ3n) is 1.71. The highest BCUT2D eigenvalue weighted by atomic mass is 16.5. The van der Waals surface area contributed by atoms with E-state index >= 15 is 0 Å². The van der Waals surface area contributed by atoms with Gasteiger partial charge >= 0.3 is 0 Å². The number of ether oxygens (including phenoxy) is 1. The molecule has 0 heterocycles. The minimum absolute atomic E-state index is 0.716. The Morgan fingerprint density at radius 2 is 1.71 bits per heavy atom. The van der Waals surface area contributed by atoms with Gasteiger partial charge in [0.15, 0.2) is 0 Å². The van der Waals surface area contributed by atoms with Crippen LogP contribution in [0.15, 0.2) is 30.3 Å². The molecule has 80 valence electrons. The van der Waals surface area contributed by atoms with Gasteiger partial charge < -0.3 is 10.5 Å². The zero-order valence-corrected chi connectivity index (χ0v) is 9.36. The van der Waals surface area contributed by atoms with Crippen LogP contribution in [0.4, 0.5) is 0 Å². The van der Waals surface area contributed by atoms with Crippen LogP contribution < -0.4 is 10.5 Å². The summed E-state index contributed by atoms with van der Waals surface area (Å²) in [5.74, 6) is 1.69. The van der Waals surface area contributed by atoms with E-state index < -0.39 is 0 Å². The molecule has 0 saturated carbocycles. The van der Waals surface area contributed by atoms with Crippen LogP contribution in [0.1, 0.15) is 20.3 Å². The van der Waals surface area contributed by atoms with Crippen LogP contribution in [0.25, 0.3) is 0 Å². The molecular formula is C12H21NO. The van der Waals surface area contributed by atoms with Crippen molar-refractivity contribution in [2.45, 2.75) is 20.3 Å². The van der Waals surface area contributed by atoms with E-state index in [0.29, 0.717) is 5.92 Å². The molecule has 0 saturated heterocycles. The van der Waals surface area contributed by atoms with E-state index in [1.54, 1.807) is 0 Å². The molecule has 0 bridgehead atoms. The Morgan fingerprint density at radius 3 is 2.21 bits per heavy atom. The molecule has 2 heteroatoms. The Balaban J connectivity index is 0.000000791. The zero-order chi connectivity index (χ0) is 10.8. The summed E-state index contributed by atoms with van der Waals surface area (Å²) in [6, 6.07) is 9.95. The van der Waals surface area contributed by atoms with Crippen molar-refractivity contribution in [2.24, 2.45) is 11.7 Å². The second-order valence-corrected chi connectivity index (χ2v) is 3.34. The topological polar surface area (TPSA) is 35.2 Å². The molecule has 0 atom stereocenters. The number of benzene rings is 1. The Hall–Kier alpha value is -1.02. The summed E-state index contributed by atoms with van der Waals surface area (Å²) < 4.78 is 5.52. The van der Waals surface area contributed by atoms with Gasteiger partial charge in [-0.05, 0) is 31.5 Å². The number of hydrogen-bond acceptors (Lipinski definition) is 2. The van der Waals surface area contributed by atoms with E-state index in [1.807, 2.05) is 30.3 Å². The van der Waals surface area contributed by atoms with Crippen LogP contribution in [0.2, 0.25) is 0 Å². The average molecular weight is 195 g/mol. The van der Waals surface area contributed by atoms with Gasteiger partial charge in [0, 0.05) is 0 Å². The lowest BCUT2D eigenvalue weighted by Crippen LogP contribution is -2.00. The lowest BCUT2D eigenvalue weighted by molar-refractivity contribution is 0.289. The van der Waals surface area contributed by atoms with Gasteiger partial charge in [-0.2, -0.15) is 0 Å². The molecule has 0 radical (unpaired) electrons. The van der Waals surface area contributed by atoms with Gasteiger partial charge in [-0.1, -0.05) is 32.0 Å². The van der Waals surface area contributed by atoms with E-state index in [9.17, 15) is 0 Å². The van der Waals surface area contributed by atoms with Crippen molar-refractivity contribution in [3.05, 3.63) is 30.3 Å². The van der Waals surface area contributed by atoms with Crippen LogP contribution in [0.5, 0.6) is 5.75 Å². The molecule has 0 aliphatic carbocycles. The van der Waals surface area contributed by atoms with Gasteiger partial charge in [-0.15, -0.1) is 0 Å². The smallest absolute Gasteiger partial charge is 0.119 e.